The highest BCUT2D eigenvalue weighted by atomic mass is 35.5. The van der Waals surface area contributed by atoms with Gasteiger partial charge in [-0.1, -0.05) is 47.5 Å². The van der Waals surface area contributed by atoms with Gasteiger partial charge in [0.2, 0.25) is 0 Å². The number of hydrogen-bond donors (Lipinski definition) is 0. The number of benzene rings is 1. The van der Waals surface area contributed by atoms with Gasteiger partial charge in [0.25, 0.3) is 0 Å². The lowest BCUT2D eigenvalue weighted by atomic mass is 9.84. The highest BCUT2D eigenvalue weighted by Gasteiger charge is 2.24. The zero-order chi connectivity index (χ0) is 12.7. The molecule has 0 unspecified atom stereocenters. The first-order valence-corrected chi connectivity index (χ1v) is 6.34. The number of halogens is 2. The average Bonchev–Trinajstić information content (AvgIpc) is 2.39. The average molecular weight is 275 g/mol. The van der Waals surface area contributed by atoms with Crippen molar-refractivity contribution in [2.45, 2.75) is 12.8 Å². The zero-order valence-electron chi connectivity index (χ0n) is 9.37. The first-order valence-electron chi connectivity index (χ1n) is 5.58. The molecule has 1 aromatic heterocycles. The smallest absolute Gasteiger partial charge is 0.149 e. The van der Waals surface area contributed by atoms with Gasteiger partial charge in [-0.05, 0) is 29.5 Å². The highest BCUT2D eigenvalue weighted by molar-refractivity contribution is 6.34. The molecule has 1 aliphatic rings. The van der Waals surface area contributed by atoms with Gasteiger partial charge >= 0.3 is 0 Å². The second-order valence-electron chi connectivity index (χ2n) is 4.19. The highest BCUT2D eigenvalue weighted by Crippen LogP contribution is 2.40. The van der Waals surface area contributed by atoms with E-state index >= 15 is 0 Å². The molecule has 2 aromatic rings. The van der Waals surface area contributed by atoms with E-state index in [1.807, 2.05) is 18.2 Å². The monoisotopic (exact) mass is 274 g/mol. The molecule has 18 heavy (non-hydrogen) atoms. The van der Waals surface area contributed by atoms with E-state index in [1.165, 1.54) is 5.56 Å². The van der Waals surface area contributed by atoms with E-state index in [9.17, 15) is 5.26 Å². The van der Waals surface area contributed by atoms with Crippen LogP contribution in [-0.2, 0) is 12.8 Å². The van der Waals surface area contributed by atoms with Crippen molar-refractivity contribution in [2.24, 2.45) is 0 Å². The van der Waals surface area contributed by atoms with Crippen molar-refractivity contribution < 1.29 is 0 Å². The lowest BCUT2D eigenvalue weighted by molar-refractivity contribution is 0.930. The van der Waals surface area contributed by atoms with Crippen molar-refractivity contribution in [1.82, 2.24) is 4.98 Å². The van der Waals surface area contributed by atoms with Crippen molar-refractivity contribution in [3.05, 3.63) is 51.3 Å². The Kier molecular flexibility index (Phi) is 2.74. The van der Waals surface area contributed by atoms with E-state index in [0.29, 0.717) is 10.7 Å². The van der Waals surface area contributed by atoms with Gasteiger partial charge in [0, 0.05) is 5.56 Å². The third kappa shape index (κ3) is 1.59. The molecule has 0 spiro atoms. The molecule has 88 valence electrons. The van der Waals surface area contributed by atoms with Crippen LogP contribution in [0.4, 0.5) is 0 Å². The summed E-state index contributed by atoms with van der Waals surface area (Å²) in [5.74, 6) is 0. The standard InChI is InChI=1S/C14H8Cl2N2/c15-13-10-6-5-8-3-1-2-4-9(8)12(10)11(7-17)14(16)18-13/h1-4H,5-6H2. The van der Waals surface area contributed by atoms with E-state index in [4.69, 9.17) is 23.2 Å². The minimum atomic E-state index is 0.179. The molecule has 1 aliphatic carbocycles. The predicted octanol–water partition coefficient (Wildman–Crippen LogP) is 4.03. The van der Waals surface area contributed by atoms with Gasteiger partial charge in [-0.2, -0.15) is 5.26 Å². The molecular formula is C14H8Cl2N2. The SMILES string of the molecule is N#Cc1c(Cl)nc(Cl)c2c1-c1ccccc1CC2. The Balaban J connectivity index is 2.42. The largest absolute Gasteiger partial charge is 0.223 e. The molecule has 0 fully saturated rings. The van der Waals surface area contributed by atoms with Crippen LogP contribution in [0.2, 0.25) is 10.3 Å². The summed E-state index contributed by atoms with van der Waals surface area (Å²) in [4.78, 5) is 4.04. The third-order valence-electron chi connectivity index (χ3n) is 3.25. The summed E-state index contributed by atoms with van der Waals surface area (Å²) in [5, 5.41) is 9.86. The fourth-order valence-electron chi connectivity index (χ4n) is 2.44. The molecular weight excluding hydrogens is 267 g/mol. The zero-order valence-corrected chi connectivity index (χ0v) is 10.9. The molecule has 0 bridgehead atoms. The Morgan fingerprint density at radius 3 is 2.67 bits per heavy atom. The lowest BCUT2D eigenvalue weighted by Gasteiger charge is -2.21. The summed E-state index contributed by atoms with van der Waals surface area (Å²) in [6.45, 7) is 0. The van der Waals surface area contributed by atoms with Gasteiger partial charge in [-0.3, -0.25) is 0 Å². The van der Waals surface area contributed by atoms with Crippen LogP contribution in [0, 0.1) is 11.3 Å². The molecule has 0 saturated carbocycles. The molecule has 1 heterocycles. The van der Waals surface area contributed by atoms with Crippen LogP contribution in [0.3, 0.4) is 0 Å². The second-order valence-corrected chi connectivity index (χ2v) is 4.91. The summed E-state index contributed by atoms with van der Waals surface area (Å²) in [6.07, 6.45) is 1.71. The van der Waals surface area contributed by atoms with E-state index in [-0.39, 0.29) is 5.15 Å². The molecule has 1 aromatic carbocycles. The van der Waals surface area contributed by atoms with Crippen molar-refractivity contribution in [3.8, 4) is 17.2 Å². The number of nitriles is 1. The van der Waals surface area contributed by atoms with Gasteiger partial charge < -0.3 is 0 Å². The first kappa shape index (κ1) is 11.5. The van der Waals surface area contributed by atoms with E-state index in [0.717, 1.165) is 29.5 Å². The summed E-state index contributed by atoms with van der Waals surface area (Å²) < 4.78 is 0. The van der Waals surface area contributed by atoms with E-state index in [2.05, 4.69) is 17.1 Å². The fourth-order valence-corrected chi connectivity index (χ4v) is 2.97. The maximum Gasteiger partial charge on any atom is 0.149 e. The molecule has 3 rings (SSSR count). The minimum absolute atomic E-state index is 0.179. The Labute approximate surface area is 115 Å². The first-order chi connectivity index (χ1) is 8.72. The molecule has 0 atom stereocenters. The second kappa shape index (κ2) is 4.28. The number of aryl methyl sites for hydroxylation is 1. The summed E-state index contributed by atoms with van der Waals surface area (Å²) in [5.41, 5.74) is 4.46. The molecule has 2 nitrogen and oxygen atoms in total. The number of rotatable bonds is 0. The normalized spacial score (nSPS) is 12.5. The Bertz CT molecular complexity index is 687. The van der Waals surface area contributed by atoms with Crippen molar-refractivity contribution in [3.63, 3.8) is 0 Å². The van der Waals surface area contributed by atoms with E-state index in [1.54, 1.807) is 0 Å². The quantitative estimate of drug-likeness (QED) is 0.681. The van der Waals surface area contributed by atoms with Crippen LogP contribution < -0.4 is 0 Å². The number of aromatic nitrogens is 1. The summed E-state index contributed by atoms with van der Waals surface area (Å²) in [6, 6.07) is 10.2. The van der Waals surface area contributed by atoms with Gasteiger partial charge in [0.15, 0.2) is 0 Å². The van der Waals surface area contributed by atoms with Crippen LogP contribution in [0.15, 0.2) is 24.3 Å². The predicted molar refractivity (Wildman–Crippen MR) is 71.8 cm³/mol. The summed E-state index contributed by atoms with van der Waals surface area (Å²) in [7, 11) is 0. The van der Waals surface area contributed by atoms with Crippen LogP contribution >= 0.6 is 23.2 Å². The van der Waals surface area contributed by atoms with Gasteiger partial charge in [-0.25, -0.2) is 4.98 Å². The lowest BCUT2D eigenvalue weighted by Crippen LogP contribution is -2.08. The maximum atomic E-state index is 9.27. The van der Waals surface area contributed by atoms with E-state index < -0.39 is 0 Å². The molecule has 0 saturated heterocycles. The molecule has 4 heteroatoms. The molecule has 0 amide bonds. The fraction of sp³-hybridized carbons (Fsp3) is 0.143. The van der Waals surface area contributed by atoms with Crippen molar-refractivity contribution >= 4 is 23.2 Å². The van der Waals surface area contributed by atoms with Gasteiger partial charge in [0.05, 0.1) is 5.56 Å². The minimum Gasteiger partial charge on any atom is -0.223 e. The molecule has 0 N–H and O–H groups in total. The van der Waals surface area contributed by atoms with Crippen LogP contribution in [0.1, 0.15) is 16.7 Å². The maximum absolute atomic E-state index is 9.27. The number of nitrogens with zero attached hydrogens (tertiary/aromatic N) is 2. The number of fused-ring (bicyclic) bond motifs is 3. The molecule has 0 aliphatic heterocycles. The van der Waals surface area contributed by atoms with Crippen LogP contribution in [0.25, 0.3) is 11.1 Å². The Morgan fingerprint density at radius 2 is 1.89 bits per heavy atom. The van der Waals surface area contributed by atoms with Crippen LogP contribution in [0.5, 0.6) is 0 Å². The van der Waals surface area contributed by atoms with Gasteiger partial charge in [0.1, 0.15) is 16.4 Å². The van der Waals surface area contributed by atoms with Crippen molar-refractivity contribution in [1.29, 1.82) is 5.26 Å². The number of hydrogen-bond acceptors (Lipinski definition) is 2. The molecule has 0 radical (unpaired) electrons. The van der Waals surface area contributed by atoms with Gasteiger partial charge in [-0.15, -0.1) is 0 Å². The van der Waals surface area contributed by atoms with Crippen molar-refractivity contribution in [2.75, 3.05) is 0 Å². The third-order valence-corrected chi connectivity index (χ3v) is 3.83. The van der Waals surface area contributed by atoms with Crippen LogP contribution in [-0.4, -0.2) is 4.98 Å². The number of pyridine rings is 1. The Morgan fingerprint density at radius 1 is 1.11 bits per heavy atom. The topological polar surface area (TPSA) is 36.7 Å². The summed E-state index contributed by atoms with van der Waals surface area (Å²) >= 11 is 12.2. The Hall–Kier alpha value is -1.56.